The van der Waals surface area contributed by atoms with Gasteiger partial charge in [-0.3, -0.25) is 13.9 Å². The average molecular weight is 514 g/mol. The molecule has 10 heteroatoms. The van der Waals surface area contributed by atoms with Crippen LogP contribution < -0.4 is 11.2 Å². The molecule has 8 nitrogen and oxygen atoms in total. The molecular weight excluding hydrogens is 494 g/mol. The summed E-state index contributed by atoms with van der Waals surface area (Å²) in [7, 11) is 0. The van der Waals surface area contributed by atoms with Crippen LogP contribution in [0.15, 0.2) is 88.5 Å². The molecule has 0 spiro atoms. The summed E-state index contributed by atoms with van der Waals surface area (Å²) in [4.78, 5) is 45.1. The first-order chi connectivity index (χ1) is 18.3. The fourth-order valence-corrected chi connectivity index (χ4v) is 4.10. The Morgan fingerprint density at radius 2 is 1.45 bits per heavy atom. The molecule has 0 bridgehead atoms. The Labute approximate surface area is 213 Å². The number of H-pyrrole nitrogens is 1. The highest BCUT2D eigenvalue weighted by molar-refractivity contribution is 5.85. The lowest BCUT2D eigenvalue weighted by atomic mass is 10.1. The van der Waals surface area contributed by atoms with Gasteiger partial charge in [-0.1, -0.05) is 60.7 Å². The number of aromatic amines is 1. The number of hydrogen-bond donors (Lipinski definition) is 2. The number of hydrogen-bond acceptors (Lipinski definition) is 4. The van der Waals surface area contributed by atoms with Crippen LogP contribution in [0.5, 0.6) is 0 Å². The summed E-state index contributed by atoms with van der Waals surface area (Å²) in [6.07, 6.45) is 2.44. The fourth-order valence-electron chi connectivity index (χ4n) is 4.10. The number of imidazole rings is 1. The monoisotopic (exact) mass is 514 g/mol. The highest BCUT2D eigenvalue weighted by atomic mass is 19.1. The van der Waals surface area contributed by atoms with Crippen molar-refractivity contribution in [2.75, 3.05) is 0 Å². The molecule has 5 rings (SSSR count). The molecule has 0 unspecified atom stereocenters. The zero-order valence-electron chi connectivity index (χ0n) is 19.8. The Bertz CT molecular complexity index is 1820. The van der Waals surface area contributed by atoms with E-state index in [4.69, 9.17) is 5.11 Å². The molecule has 0 fully saturated rings. The van der Waals surface area contributed by atoms with E-state index < -0.39 is 28.9 Å². The van der Waals surface area contributed by atoms with Gasteiger partial charge in [-0.15, -0.1) is 0 Å². The normalized spacial score (nSPS) is 11.4. The fraction of sp³-hybridized carbons (Fsp3) is 0.0714. The first kappa shape index (κ1) is 24.6. The molecule has 2 N–H and O–H groups in total. The van der Waals surface area contributed by atoms with Crippen molar-refractivity contribution in [3.8, 4) is 11.4 Å². The summed E-state index contributed by atoms with van der Waals surface area (Å²) >= 11 is 0. The molecule has 38 heavy (non-hydrogen) atoms. The summed E-state index contributed by atoms with van der Waals surface area (Å²) < 4.78 is 31.0. The molecule has 0 radical (unpaired) electrons. The Hall–Kier alpha value is -5.12. The van der Waals surface area contributed by atoms with Gasteiger partial charge < -0.3 is 10.1 Å². The van der Waals surface area contributed by atoms with Gasteiger partial charge in [0.25, 0.3) is 5.56 Å². The molecule has 2 heterocycles. The maximum Gasteiger partial charge on any atom is 0.333 e. The van der Waals surface area contributed by atoms with Crippen LogP contribution in [0.1, 0.15) is 16.7 Å². The summed E-state index contributed by atoms with van der Waals surface area (Å²) in [6.45, 7) is -0.523. The quantitative estimate of drug-likeness (QED) is 0.319. The van der Waals surface area contributed by atoms with Gasteiger partial charge in [0, 0.05) is 22.8 Å². The molecule has 0 amide bonds. The van der Waals surface area contributed by atoms with Gasteiger partial charge in [-0.05, 0) is 23.8 Å². The molecule has 0 aliphatic rings. The van der Waals surface area contributed by atoms with Gasteiger partial charge in [0.05, 0.1) is 13.1 Å². The second-order valence-electron chi connectivity index (χ2n) is 8.52. The molecule has 3 aromatic carbocycles. The van der Waals surface area contributed by atoms with E-state index in [1.807, 2.05) is 0 Å². The van der Waals surface area contributed by atoms with Crippen molar-refractivity contribution in [3.05, 3.63) is 128 Å². The second kappa shape index (κ2) is 10.1. The van der Waals surface area contributed by atoms with Gasteiger partial charge >= 0.3 is 11.7 Å². The van der Waals surface area contributed by atoms with Gasteiger partial charge in [0.15, 0.2) is 5.52 Å². The number of fused-ring (bicyclic) bond motifs is 1. The van der Waals surface area contributed by atoms with Crippen LogP contribution in [0, 0.1) is 11.6 Å². The van der Waals surface area contributed by atoms with Crippen molar-refractivity contribution in [2.24, 2.45) is 0 Å². The van der Waals surface area contributed by atoms with Crippen LogP contribution in [-0.2, 0) is 17.9 Å². The molecule has 0 saturated heterocycles. The molecule has 0 saturated carbocycles. The predicted octanol–water partition coefficient (Wildman–Crippen LogP) is 4.03. The van der Waals surface area contributed by atoms with Crippen molar-refractivity contribution >= 4 is 23.2 Å². The Morgan fingerprint density at radius 1 is 0.868 bits per heavy atom. The highest BCUT2D eigenvalue weighted by Gasteiger charge is 2.20. The number of rotatable bonds is 7. The van der Waals surface area contributed by atoms with Crippen molar-refractivity contribution < 1.29 is 18.7 Å². The third-order valence-corrected chi connectivity index (χ3v) is 6.04. The number of carboxylic acid groups (broad SMARTS) is 1. The Kier molecular flexibility index (Phi) is 6.53. The van der Waals surface area contributed by atoms with Gasteiger partial charge in [0.2, 0.25) is 0 Å². The van der Waals surface area contributed by atoms with E-state index in [1.54, 1.807) is 36.4 Å². The summed E-state index contributed by atoms with van der Waals surface area (Å²) in [5.41, 5.74) is 0.122. The lowest BCUT2D eigenvalue weighted by Crippen LogP contribution is -2.40. The lowest BCUT2D eigenvalue weighted by Gasteiger charge is -2.12. The lowest BCUT2D eigenvalue weighted by molar-refractivity contribution is -0.131. The van der Waals surface area contributed by atoms with E-state index in [0.717, 1.165) is 10.6 Å². The number of benzene rings is 3. The SMILES string of the molecule is O=C(O)C=Cc1ccc(-c2nc3c(=O)n(Cc4ccccc4F)c(=O)n(Cc4ccccc4F)c3[nH]2)cc1. The molecular formula is C28H20F2N4O4. The molecule has 5 aromatic rings. The number of aliphatic carboxylic acids is 1. The maximum absolute atomic E-state index is 14.5. The van der Waals surface area contributed by atoms with E-state index in [1.165, 1.54) is 47.0 Å². The van der Waals surface area contributed by atoms with Crippen LogP contribution in [0.4, 0.5) is 8.78 Å². The number of carboxylic acids is 1. The van der Waals surface area contributed by atoms with E-state index in [9.17, 15) is 23.2 Å². The minimum atomic E-state index is -1.08. The van der Waals surface area contributed by atoms with E-state index in [0.29, 0.717) is 11.1 Å². The molecule has 190 valence electrons. The molecule has 2 aromatic heterocycles. The highest BCUT2D eigenvalue weighted by Crippen LogP contribution is 2.21. The van der Waals surface area contributed by atoms with Crippen LogP contribution in [-0.4, -0.2) is 30.2 Å². The van der Waals surface area contributed by atoms with Crippen molar-refractivity contribution in [3.63, 3.8) is 0 Å². The number of carbonyl (C=O) groups is 1. The molecule has 0 atom stereocenters. The molecule has 0 aliphatic heterocycles. The smallest absolute Gasteiger partial charge is 0.333 e. The molecule has 0 aliphatic carbocycles. The Morgan fingerprint density at radius 3 is 2.03 bits per heavy atom. The summed E-state index contributed by atoms with van der Waals surface area (Å²) in [5, 5.41) is 8.81. The number of nitrogens with zero attached hydrogens (tertiary/aromatic N) is 3. The minimum absolute atomic E-state index is 0.0675. The van der Waals surface area contributed by atoms with Crippen molar-refractivity contribution in [2.45, 2.75) is 13.1 Å². The van der Waals surface area contributed by atoms with Crippen LogP contribution >= 0.6 is 0 Å². The van der Waals surface area contributed by atoms with E-state index >= 15 is 0 Å². The number of halogens is 2. The largest absolute Gasteiger partial charge is 0.478 e. The number of nitrogens with one attached hydrogen (secondary N) is 1. The summed E-state index contributed by atoms with van der Waals surface area (Å²) in [6, 6.07) is 18.5. The zero-order valence-corrected chi connectivity index (χ0v) is 19.8. The van der Waals surface area contributed by atoms with Gasteiger partial charge in [-0.25, -0.2) is 23.4 Å². The minimum Gasteiger partial charge on any atom is -0.478 e. The van der Waals surface area contributed by atoms with Crippen LogP contribution in [0.2, 0.25) is 0 Å². The maximum atomic E-state index is 14.5. The topological polar surface area (TPSA) is 110 Å². The zero-order chi connectivity index (χ0) is 26.8. The van der Waals surface area contributed by atoms with Gasteiger partial charge in [0.1, 0.15) is 23.1 Å². The van der Waals surface area contributed by atoms with Crippen molar-refractivity contribution in [1.29, 1.82) is 0 Å². The van der Waals surface area contributed by atoms with Crippen LogP contribution in [0.25, 0.3) is 28.6 Å². The average Bonchev–Trinajstić information content (AvgIpc) is 3.36. The standard InChI is InChI=1S/C28H20F2N4O4/c29-21-7-3-1-5-19(21)15-33-26-24(27(37)34(28(33)38)16-20-6-2-4-8-22(20)30)31-25(32-26)18-12-9-17(10-13-18)11-14-23(35)36/h1-14H,15-16H2,(H,31,32)(H,35,36). The Balaban J connectivity index is 1.67. The van der Waals surface area contributed by atoms with E-state index in [-0.39, 0.29) is 41.2 Å². The first-order valence-corrected chi connectivity index (χ1v) is 11.5. The van der Waals surface area contributed by atoms with Crippen molar-refractivity contribution in [1.82, 2.24) is 19.1 Å². The first-order valence-electron chi connectivity index (χ1n) is 11.5. The second-order valence-corrected chi connectivity index (χ2v) is 8.52. The third kappa shape index (κ3) is 4.79. The van der Waals surface area contributed by atoms with Crippen LogP contribution in [0.3, 0.4) is 0 Å². The predicted molar refractivity (Wildman–Crippen MR) is 138 cm³/mol. The van der Waals surface area contributed by atoms with E-state index in [2.05, 4.69) is 9.97 Å². The van der Waals surface area contributed by atoms with Gasteiger partial charge in [-0.2, -0.15) is 0 Å². The third-order valence-electron chi connectivity index (χ3n) is 6.04. The number of aromatic nitrogens is 4. The summed E-state index contributed by atoms with van der Waals surface area (Å²) in [5.74, 6) is -1.90.